The van der Waals surface area contributed by atoms with Gasteiger partial charge in [0.15, 0.2) is 0 Å². The number of carbonyl (C=O) groups excluding carboxylic acids is 1. The van der Waals surface area contributed by atoms with Crippen LogP contribution in [0.15, 0.2) is 24.3 Å². The fraction of sp³-hybridized carbons (Fsp3) is 0.588. The predicted octanol–water partition coefficient (Wildman–Crippen LogP) is 2.43. The first-order valence-corrected chi connectivity index (χ1v) is 7.96. The van der Waals surface area contributed by atoms with Gasteiger partial charge in [-0.15, -0.1) is 0 Å². The second-order valence-electron chi connectivity index (χ2n) is 6.57. The molecule has 2 aliphatic rings. The van der Waals surface area contributed by atoms with E-state index >= 15 is 0 Å². The molecule has 0 radical (unpaired) electrons. The van der Waals surface area contributed by atoms with Crippen molar-refractivity contribution in [2.45, 2.75) is 50.6 Å². The summed E-state index contributed by atoms with van der Waals surface area (Å²) in [5.74, 6) is 0. The van der Waals surface area contributed by atoms with Crippen molar-refractivity contribution in [1.82, 2.24) is 16.0 Å². The summed E-state index contributed by atoms with van der Waals surface area (Å²) in [6.45, 7) is 6.04. The van der Waals surface area contributed by atoms with Gasteiger partial charge in [0.25, 0.3) is 0 Å². The highest BCUT2D eigenvalue weighted by molar-refractivity contribution is 5.77. The average Bonchev–Trinajstić information content (AvgIpc) is 2.84. The van der Waals surface area contributed by atoms with Crippen molar-refractivity contribution in [2.75, 3.05) is 13.1 Å². The van der Waals surface area contributed by atoms with Crippen LogP contribution in [0.1, 0.15) is 43.7 Å². The number of benzene rings is 1. The molecule has 1 aliphatic carbocycles. The third kappa shape index (κ3) is 2.64. The first-order valence-electron chi connectivity index (χ1n) is 7.96. The van der Waals surface area contributed by atoms with E-state index in [4.69, 9.17) is 0 Å². The fourth-order valence-corrected chi connectivity index (χ4v) is 3.88. The molecular weight excluding hydrogens is 262 g/mol. The number of amides is 2. The second kappa shape index (κ2) is 5.34. The maximum atomic E-state index is 11.5. The van der Waals surface area contributed by atoms with Gasteiger partial charge in [-0.05, 0) is 44.7 Å². The van der Waals surface area contributed by atoms with Crippen molar-refractivity contribution in [3.8, 4) is 0 Å². The number of urea groups is 1. The molecule has 0 bridgehead atoms. The number of rotatable bonds is 3. The molecule has 1 aromatic rings. The second-order valence-corrected chi connectivity index (χ2v) is 6.57. The molecule has 0 unspecified atom stereocenters. The van der Waals surface area contributed by atoms with Crippen molar-refractivity contribution in [2.24, 2.45) is 0 Å². The van der Waals surface area contributed by atoms with Gasteiger partial charge >= 0.3 is 6.03 Å². The zero-order valence-corrected chi connectivity index (χ0v) is 13.0. The van der Waals surface area contributed by atoms with Gasteiger partial charge in [0.2, 0.25) is 0 Å². The summed E-state index contributed by atoms with van der Waals surface area (Å²) in [5, 5.41) is 9.78. The molecule has 2 fully saturated rings. The number of hydrogen-bond donors (Lipinski definition) is 3. The van der Waals surface area contributed by atoms with Gasteiger partial charge in [-0.1, -0.05) is 36.8 Å². The van der Waals surface area contributed by atoms with Crippen molar-refractivity contribution in [1.29, 1.82) is 0 Å². The van der Waals surface area contributed by atoms with E-state index in [1.807, 2.05) is 0 Å². The average molecular weight is 287 g/mol. The van der Waals surface area contributed by atoms with E-state index in [2.05, 4.69) is 54.1 Å². The lowest BCUT2D eigenvalue weighted by Crippen LogP contribution is -2.54. The van der Waals surface area contributed by atoms with Crippen molar-refractivity contribution >= 4 is 6.03 Å². The Labute approximate surface area is 126 Å². The lowest BCUT2D eigenvalue weighted by Gasteiger charge is -2.45. The van der Waals surface area contributed by atoms with Crippen molar-refractivity contribution in [3.63, 3.8) is 0 Å². The van der Waals surface area contributed by atoms with E-state index < -0.39 is 0 Å². The third-order valence-electron chi connectivity index (χ3n) is 5.11. The summed E-state index contributed by atoms with van der Waals surface area (Å²) in [6, 6.07) is 8.81. The molecular formula is C17H25N3O. The highest BCUT2D eigenvalue weighted by atomic mass is 16.2. The molecule has 1 aromatic carbocycles. The van der Waals surface area contributed by atoms with Crippen LogP contribution in [0.2, 0.25) is 0 Å². The summed E-state index contributed by atoms with van der Waals surface area (Å²) in [4.78, 5) is 11.5. The normalized spacial score (nSPS) is 32.0. The molecule has 4 nitrogen and oxygen atoms in total. The van der Waals surface area contributed by atoms with E-state index in [1.165, 1.54) is 11.1 Å². The van der Waals surface area contributed by atoms with E-state index in [1.54, 1.807) is 0 Å². The smallest absolute Gasteiger partial charge is 0.315 e. The van der Waals surface area contributed by atoms with Crippen LogP contribution in [0.25, 0.3) is 0 Å². The first kappa shape index (κ1) is 14.4. The minimum absolute atomic E-state index is 0.0125. The molecule has 4 heteroatoms. The number of aryl methyl sites for hydroxylation is 1. The molecule has 1 heterocycles. The Morgan fingerprint density at radius 3 is 2.57 bits per heavy atom. The lowest BCUT2D eigenvalue weighted by molar-refractivity contribution is 0.160. The molecule has 1 saturated heterocycles. The van der Waals surface area contributed by atoms with Crippen LogP contribution in [0.5, 0.6) is 0 Å². The Morgan fingerprint density at radius 2 is 2.00 bits per heavy atom. The van der Waals surface area contributed by atoms with Crippen LogP contribution >= 0.6 is 0 Å². The SMILES string of the molecule is CCN[C@]1(c2cccc(C)c2)CC[C@]2(CC1)CNC(=O)N2. The monoisotopic (exact) mass is 287 g/mol. The standard InChI is InChI=1S/C17H25N3O/c1-3-19-17(14-6-4-5-13(2)11-14)9-7-16(8-10-17)12-18-15(21)20-16/h4-6,11,19H,3,7-10,12H2,1-2H3,(H2,18,20,21)/t16-,17+. The van der Waals surface area contributed by atoms with E-state index in [9.17, 15) is 4.79 Å². The zero-order valence-electron chi connectivity index (χ0n) is 13.0. The van der Waals surface area contributed by atoms with Crippen molar-refractivity contribution < 1.29 is 4.79 Å². The Balaban J connectivity index is 1.83. The Morgan fingerprint density at radius 1 is 1.24 bits per heavy atom. The summed E-state index contributed by atoms with van der Waals surface area (Å²) in [7, 11) is 0. The van der Waals surface area contributed by atoms with Crippen LogP contribution in [0.3, 0.4) is 0 Å². The van der Waals surface area contributed by atoms with Gasteiger partial charge in [-0.3, -0.25) is 0 Å². The fourth-order valence-electron chi connectivity index (χ4n) is 3.88. The van der Waals surface area contributed by atoms with E-state index in [0.29, 0.717) is 0 Å². The van der Waals surface area contributed by atoms with Gasteiger partial charge in [0.1, 0.15) is 0 Å². The molecule has 114 valence electrons. The van der Waals surface area contributed by atoms with Crippen LogP contribution in [-0.2, 0) is 5.54 Å². The quantitative estimate of drug-likeness (QED) is 0.800. The predicted molar refractivity (Wildman–Crippen MR) is 84.3 cm³/mol. The van der Waals surface area contributed by atoms with Gasteiger partial charge < -0.3 is 16.0 Å². The maximum absolute atomic E-state index is 11.5. The van der Waals surface area contributed by atoms with Gasteiger partial charge in [0.05, 0.1) is 5.54 Å². The highest BCUT2D eigenvalue weighted by Crippen LogP contribution is 2.42. The van der Waals surface area contributed by atoms with Gasteiger partial charge in [-0.2, -0.15) is 0 Å². The molecule has 1 spiro atoms. The first-order chi connectivity index (χ1) is 10.1. The van der Waals surface area contributed by atoms with Crippen LogP contribution < -0.4 is 16.0 Å². The maximum Gasteiger partial charge on any atom is 0.315 e. The Hall–Kier alpha value is -1.55. The number of hydrogen-bond acceptors (Lipinski definition) is 2. The topological polar surface area (TPSA) is 53.2 Å². The highest BCUT2D eigenvalue weighted by Gasteiger charge is 2.46. The summed E-state index contributed by atoms with van der Waals surface area (Å²) in [6.07, 6.45) is 4.16. The number of nitrogens with one attached hydrogen (secondary N) is 3. The third-order valence-corrected chi connectivity index (χ3v) is 5.11. The molecule has 1 saturated carbocycles. The molecule has 1 aliphatic heterocycles. The molecule has 0 aromatic heterocycles. The summed E-state index contributed by atoms with van der Waals surface area (Å²) >= 11 is 0. The summed E-state index contributed by atoms with van der Waals surface area (Å²) < 4.78 is 0. The van der Waals surface area contributed by atoms with Crippen LogP contribution in [-0.4, -0.2) is 24.7 Å². The number of carbonyl (C=O) groups is 1. The molecule has 0 atom stereocenters. The van der Waals surface area contributed by atoms with Gasteiger partial charge in [-0.25, -0.2) is 4.79 Å². The van der Waals surface area contributed by atoms with E-state index in [-0.39, 0.29) is 17.1 Å². The van der Waals surface area contributed by atoms with Gasteiger partial charge in [0, 0.05) is 12.1 Å². The van der Waals surface area contributed by atoms with Crippen LogP contribution in [0.4, 0.5) is 4.79 Å². The Kier molecular flexibility index (Phi) is 3.66. The minimum Gasteiger partial charge on any atom is -0.336 e. The largest absolute Gasteiger partial charge is 0.336 e. The molecule has 21 heavy (non-hydrogen) atoms. The summed E-state index contributed by atoms with van der Waals surface area (Å²) in [5.41, 5.74) is 2.72. The van der Waals surface area contributed by atoms with E-state index in [0.717, 1.165) is 38.8 Å². The lowest BCUT2D eigenvalue weighted by atomic mass is 9.69. The van der Waals surface area contributed by atoms with Crippen LogP contribution in [0, 0.1) is 6.92 Å². The van der Waals surface area contributed by atoms with Crippen molar-refractivity contribution in [3.05, 3.63) is 35.4 Å². The molecule has 3 rings (SSSR count). The Bertz CT molecular complexity index is 533. The molecule has 3 N–H and O–H groups in total. The zero-order chi connectivity index (χ0) is 14.9. The molecule has 2 amide bonds. The minimum atomic E-state index is -0.0279.